The molecule has 0 saturated carbocycles. The molecule has 0 aliphatic carbocycles. The lowest BCUT2D eigenvalue weighted by Gasteiger charge is -2.06. The van der Waals surface area contributed by atoms with Crippen molar-refractivity contribution in [2.75, 3.05) is 26.2 Å². The Morgan fingerprint density at radius 1 is 0.800 bits per heavy atom. The molecule has 110 valence electrons. The van der Waals surface area contributed by atoms with Gasteiger partial charge in [-0.25, -0.2) is 0 Å². The molecule has 0 aliphatic rings. The highest BCUT2D eigenvalue weighted by Gasteiger charge is 2.08. The maximum Gasteiger partial charge on any atom is 0.251 e. The summed E-state index contributed by atoms with van der Waals surface area (Å²) in [6.07, 6.45) is 1.49. The summed E-state index contributed by atoms with van der Waals surface area (Å²) in [4.78, 5) is 23.5. The largest absolute Gasteiger partial charge is 0.352 e. The fraction of sp³-hybridized carbons (Fsp3) is 0.429. The Labute approximate surface area is 118 Å². The second-order valence-electron chi connectivity index (χ2n) is 4.37. The minimum absolute atomic E-state index is 0.159. The molecule has 6 N–H and O–H groups in total. The van der Waals surface area contributed by atoms with Crippen molar-refractivity contribution in [3.8, 4) is 0 Å². The number of carbonyl (C=O) groups excluding carboxylic acids is 2. The van der Waals surface area contributed by atoms with Crippen LogP contribution in [0.4, 0.5) is 0 Å². The molecule has 0 radical (unpaired) electrons. The van der Waals surface area contributed by atoms with Gasteiger partial charge < -0.3 is 22.1 Å². The van der Waals surface area contributed by atoms with Crippen LogP contribution in [0.3, 0.4) is 0 Å². The summed E-state index contributed by atoms with van der Waals surface area (Å²) in [5.41, 5.74) is 11.8. The molecule has 0 unspecified atom stereocenters. The van der Waals surface area contributed by atoms with E-state index in [1.807, 2.05) is 0 Å². The molecule has 0 aromatic heterocycles. The van der Waals surface area contributed by atoms with Gasteiger partial charge in [0.15, 0.2) is 0 Å². The van der Waals surface area contributed by atoms with Gasteiger partial charge in [0.1, 0.15) is 0 Å². The van der Waals surface area contributed by atoms with Gasteiger partial charge in [-0.2, -0.15) is 0 Å². The molecule has 0 heterocycles. The first-order chi connectivity index (χ1) is 9.69. The minimum atomic E-state index is -0.159. The first-order valence-electron chi connectivity index (χ1n) is 6.75. The molecule has 0 saturated heterocycles. The van der Waals surface area contributed by atoms with Crippen molar-refractivity contribution in [1.29, 1.82) is 0 Å². The predicted molar refractivity (Wildman–Crippen MR) is 78.5 cm³/mol. The van der Waals surface area contributed by atoms with Crippen LogP contribution in [0, 0.1) is 0 Å². The fourth-order valence-corrected chi connectivity index (χ4v) is 1.59. The first kappa shape index (κ1) is 16.1. The zero-order valence-electron chi connectivity index (χ0n) is 11.5. The van der Waals surface area contributed by atoms with Crippen molar-refractivity contribution in [3.63, 3.8) is 0 Å². The van der Waals surface area contributed by atoms with E-state index in [4.69, 9.17) is 11.5 Å². The molecule has 6 nitrogen and oxygen atoms in total. The number of amides is 2. The lowest BCUT2D eigenvalue weighted by Crippen LogP contribution is -2.27. The Bertz CT molecular complexity index is 390. The third kappa shape index (κ3) is 5.38. The molecular weight excluding hydrogens is 256 g/mol. The summed E-state index contributed by atoms with van der Waals surface area (Å²) in [6, 6.07) is 6.54. The van der Waals surface area contributed by atoms with Gasteiger partial charge in [0, 0.05) is 24.2 Å². The molecule has 0 aliphatic heterocycles. The third-order valence-electron chi connectivity index (χ3n) is 2.74. The van der Waals surface area contributed by atoms with Gasteiger partial charge in [-0.3, -0.25) is 9.59 Å². The second-order valence-corrected chi connectivity index (χ2v) is 4.37. The van der Waals surface area contributed by atoms with Gasteiger partial charge in [0.25, 0.3) is 11.8 Å². The number of rotatable bonds is 8. The van der Waals surface area contributed by atoms with Crippen LogP contribution >= 0.6 is 0 Å². The lowest BCUT2D eigenvalue weighted by atomic mass is 10.1. The standard InChI is InChI=1S/C14H22N4O2/c15-7-1-9-17-13(19)11-3-5-12(6-4-11)14(20)18-10-2-8-16/h3-6H,1-2,7-10,15-16H2,(H,17,19)(H,18,20). The lowest BCUT2D eigenvalue weighted by molar-refractivity contribution is 0.0941. The molecule has 0 spiro atoms. The average Bonchev–Trinajstić information content (AvgIpc) is 2.47. The molecule has 1 aromatic rings. The highest BCUT2D eigenvalue weighted by Crippen LogP contribution is 2.04. The van der Waals surface area contributed by atoms with E-state index in [0.717, 1.165) is 12.8 Å². The van der Waals surface area contributed by atoms with Crippen LogP contribution in [0.1, 0.15) is 33.6 Å². The van der Waals surface area contributed by atoms with E-state index in [1.54, 1.807) is 24.3 Å². The number of benzene rings is 1. The molecule has 0 bridgehead atoms. The van der Waals surface area contributed by atoms with E-state index in [-0.39, 0.29) is 11.8 Å². The van der Waals surface area contributed by atoms with Gasteiger partial charge in [0.2, 0.25) is 0 Å². The number of nitrogens with one attached hydrogen (secondary N) is 2. The molecule has 2 amide bonds. The van der Waals surface area contributed by atoms with Crippen molar-refractivity contribution >= 4 is 11.8 Å². The smallest absolute Gasteiger partial charge is 0.251 e. The maximum absolute atomic E-state index is 11.7. The highest BCUT2D eigenvalue weighted by atomic mass is 16.2. The van der Waals surface area contributed by atoms with Crippen LogP contribution in [0.15, 0.2) is 24.3 Å². The Hall–Kier alpha value is -1.92. The predicted octanol–water partition coefficient (Wildman–Crippen LogP) is -0.156. The quantitative estimate of drug-likeness (QED) is 0.495. The Morgan fingerprint density at radius 3 is 1.45 bits per heavy atom. The maximum atomic E-state index is 11.7. The SMILES string of the molecule is NCCCNC(=O)c1ccc(C(=O)NCCCN)cc1. The van der Waals surface area contributed by atoms with E-state index in [0.29, 0.717) is 37.3 Å². The van der Waals surface area contributed by atoms with Gasteiger partial charge >= 0.3 is 0 Å². The Kier molecular flexibility index (Phi) is 7.31. The number of nitrogens with two attached hydrogens (primary N) is 2. The van der Waals surface area contributed by atoms with Crippen molar-refractivity contribution in [2.45, 2.75) is 12.8 Å². The van der Waals surface area contributed by atoms with Crippen molar-refractivity contribution < 1.29 is 9.59 Å². The van der Waals surface area contributed by atoms with Crippen molar-refractivity contribution in [1.82, 2.24) is 10.6 Å². The fourth-order valence-electron chi connectivity index (χ4n) is 1.59. The van der Waals surface area contributed by atoms with E-state index >= 15 is 0 Å². The van der Waals surface area contributed by atoms with Gasteiger partial charge in [-0.1, -0.05) is 0 Å². The molecule has 1 aromatic carbocycles. The summed E-state index contributed by atoms with van der Waals surface area (Å²) in [5, 5.41) is 5.51. The van der Waals surface area contributed by atoms with Gasteiger partial charge in [-0.05, 0) is 50.2 Å². The normalized spacial score (nSPS) is 10.1. The Morgan fingerprint density at radius 2 is 1.15 bits per heavy atom. The summed E-state index contributed by atoms with van der Waals surface area (Å²) in [5.74, 6) is -0.318. The van der Waals surface area contributed by atoms with Crippen LogP contribution in [-0.4, -0.2) is 38.0 Å². The molecular formula is C14H22N4O2. The monoisotopic (exact) mass is 278 g/mol. The number of hydrogen-bond acceptors (Lipinski definition) is 4. The number of carbonyl (C=O) groups is 2. The van der Waals surface area contributed by atoms with Crippen LogP contribution in [0.25, 0.3) is 0 Å². The molecule has 20 heavy (non-hydrogen) atoms. The van der Waals surface area contributed by atoms with E-state index < -0.39 is 0 Å². The van der Waals surface area contributed by atoms with Crippen LogP contribution < -0.4 is 22.1 Å². The minimum Gasteiger partial charge on any atom is -0.352 e. The average molecular weight is 278 g/mol. The summed E-state index contributed by atoms with van der Waals surface area (Å²) in [6.45, 7) is 2.19. The first-order valence-corrected chi connectivity index (χ1v) is 6.75. The summed E-state index contributed by atoms with van der Waals surface area (Å²) in [7, 11) is 0. The van der Waals surface area contributed by atoms with Crippen molar-refractivity contribution in [2.24, 2.45) is 11.5 Å². The zero-order valence-corrected chi connectivity index (χ0v) is 11.5. The second kappa shape index (κ2) is 9.06. The van der Waals surface area contributed by atoms with E-state index in [9.17, 15) is 9.59 Å². The Balaban J connectivity index is 2.50. The molecule has 1 rings (SSSR count). The summed E-state index contributed by atoms with van der Waals surface area (Å²) < 4.78 is 0. The highest BCUT2D eigenvalue weighted by molar-refractivity contribution is 5.97. The zero-order chi connectivity index (χ0) is 14.8. The molecule has 0 atom stereocenters. The molecule has 0 fully saturated rings. The third-order valence-corrected chi connectivity index (χ3v) is 2.74. The van der Waals surface area contributed by atoms with Crippen LogP contribution in [-0.2, 0) is 0 Å². The van der Waals surface area contributed by atoms with Crippen LogP contribution in [0.5, 0.6) is 0 Å². The van der Waals surface area contributed by atoms with E-state index in [1.165, 1.54) is 0 Å². The summed E-state index contributed by atoms with van der Waals surface area (Å²) >= 11 is 0. The van der Waals surface area contributed by atoms with Crippen LogP contribution in [0.2, 0.25) is 0 Å². The van der Waals surface area contributed by atoms with Crippen molar-refractivity contribution in [3.05, 3.63) is 35.4 Å². The topological polar surface area (TPSA) is 110 Å². The molecule has 6 heteroatoms. The van der Waals surface area contributed by atoms with Gasteiger partial charge in [-0.15, -0.1) is 0 Å². The van der Waals surface area contributed by atoms with E-state index in [2.05, 4.69) is 10.6 Å². The van der Waals surface area contributed by atoms with Gasteiger partial charge in [0.05, 0.1) is 0 Å². The number of hydrogen-bond donors (Lipinski definition) is 4.